The Morgan fingerprint density at radius 2 is 2.00 bits per heavy atom. The van der Waals surface area contributed by atoms with Gasteiger partial charge in [-0.2, -0.15) is 11.8 Å². The molecule has 2 rings (SSSR count). The molecule has 27 heavy (non-hydrogen) atoms. The molecule has 0 aliphatic rings. The van der Waals surface area contributed by atoms with Crippen molar-refractivity contribution in [2.24, 2.45) is 13.0 Å². The average Bonchev–Trinajstić information content (AvgIpc) is 2.67. The van der Waals surface area contributed by atoms with Gasteiger partial charge in [0, 0.05) is 25.4 Å². The Morgan fingerprint density at radius 1 is 1.26 bits per heavy atom. The molecule has 1 aromatic carbocycles. The van der Waals surface area contributed by atoms with Crippen LogP contribution in [0, 0.1) is 12.8 Å². The third-order valence-electron chi connectivity index (χ3n) is 5.88. The van der Waals surface area contributed by atoms with Gasteiger partial charge >= 0.3 is 0 Å². The summed E-state index contributed by atoms with van der Waals surface area (Å²) in [6.45, 7) is 9.82. The molecule has 0 aliphatic carbocycles. The average molecular weight is 390 g/mol. The van der Waals surface area contributed by atoms with E-state index in [4.69, 9.17) is 0 Å². The lowest BCUT2D eigenvalue weighted by atomic mass is 9.82. The number of nitrogens with one attached hydrogen (secondary N) is 1. The first kappa shape index (κ1) is 22.0. The predicted octanol–water partition coefficient (Wildman–Crippen LogP) is 4.49. The maximum Gasteiger partial charge on any atom is 0.261 e. The Labute approximate surface area is 168 Å². The highest BCUT2D eigenvalue weighted by Crippen LogP contribution is 2.31. The van der Waals surface area contributed by atoms with Crippen LogP contribution in [0.25, 0.3) is 10.9 Å². The second-order valence-electron chi connectivity index (χ2n) is 7.54. The zero-order valence-electron chi connectivity index (χ0n) is 17.7. The van der Waals surface area contributed by atoms with E-state index in [9.17, 15) is 4.79 Å². The smallest absolute Gasteiger partial charge is 0.261 e. The van der Waals surface area contributed by atoms with Gasteiger partial charge in [0.2, 0.25) is 0 Å². The van der Waals surface area contributed by atoms with Crippen LogP contribution in [-0.4, -0.2) is 34.1 Å². The molecule has 0 saturated carbocycles. The highest BCUT2D eigenvalue weighted by Gasteiger charge is 2.21. The van der Waals surface area contributed by atoms with E-state index in [0.717, 1.165) is 36.5 Å². The van der Waals surface area contributed by atoms with Crippen LogP contribution < -0.4 is 10.9 Å². The lowest BCUT2D eigenvalue weighted by Gasteiger charge is -2.28. The van der Waals surface area contributed by atoms with Crippen molar-refractivity contribution in [2.75, 3.05) is 18.6 Å². The van der Waals surface area contributed by atoms with E-state index in [1.54, 1.807) is 11.6 Å². The summed E-state index contributed by atoms with van der Waals surface area (Å²) in [7, 11) is 1.78. The molecule has 2 aromatic rings. The minimum Gasteiger partial charge on any atom is -0.313 e. The third-order valence-corrected chi connectivity index (χ3v) is 6.49. The topological polar surface area (TPSA) is 46.9 Å². The molecule has 0 radical (unpaired) electrons. The van der Waals surface area contributed by atoms with Crippen molar-refractivity contribution in [3.05, 3.63) is 39.9 Å². The van der Waals surface area contributed by atoms with Gasteiger partial charge in [0.25, 0.3) is 5.56 Å². The predicted molar refractivity (Wildman–Crippen MR) is 119 cm³/mol. The maximum atomic E-state index is 12.5. The lowest BCUT2D eigenvalue weighted by molar-refractivity contribution is 0.323. The molecule has 0 spiro atoms. The number of benzene rings is 1. The standard InChI is InChI=1S/C22H35N3OS/c1-7-17(15(3)23-11-12-27-6)13-18(8-2)19-9-10-20-21(14-19)24-16(4)25(5)22(20)26/h9-10,14-15,17-18,23H,7-8,11-13H2,1-6H3. The minimum atomic E-state index is 0.0372. The van der Waals surface area contributed by atoms with Gasteiger partial charge in [-0.25, -0.2) is 4.98 Å². The fourth-order valence-corrected chi connectivity index (χ4v) is 4.16. The fraction of sp³-hybridized carbons (Fsp3) is 0.636. The number of rotatable bonds is 10. The first-order valence-corrected chi connectivity index (χ1v) is 11.5. The number of fused-ring (bicyclic) bond motifs is 1. The number of aryl methyl sites for hydroxylation is 1. The van der Waals surface area contributed by atoms with Crippen LogP contribution in [0.15, 0.2) is 23.0 Å². The number of aromatic nitrogens is 2. The molecule has 1 aromatic heterocycles. The quantitative estimate of drug-likeness (QED) is 0.608. The summed E-state index contributed by atoms with van der Waals surface area (Å²) in [6, 6.07) is 6.75. The van der Waals surface area contributed by atoms with E-state index in [0.29, 0.717) is 23.3 Å². The normalized spacial score (nSPS) is 15.0. The molecule has 4 nitrogen and oxygen atoms in total. The van der Waals surface area contributed by atoms with Gasteiger partial charge in [-0.1, -0.05) is 26.3 Å². The molecule has 1 N–H and O–H groups in total. The number of thioether (sulfide) groups is 1. The van der Waals surface area contributed by atoms with Crippen LogP contribution in [0.5, 0.6) is 0 Å². The Bertz CT molecular complexity index is 802. The van der Waals surface area contributed by atoms with Gasteiger partial charge in [-0.15, -0.1) is 0 Å². The molecule has 0 saturated heterocycles. The van der Waals surface area contributed by atoms with E-state index in [1.165, 1.54) is 12.0 Å². The van der Waals surface area contributed by atoms with Crippen LogP contribution in [0.3, 0.4) is 0 Å². The zero-order valence-corrected chi connectivity index (χ0v) is 18.5. The molecule has 3 unspecified atom stereocenters. The van der Waals surface area contributed by atoms with Crippen LogP contribution in [0.2, 0.25) is 0 Å². The molecule has 5 heteroatoms. The van der Waals surface area contributed by atoms with E-state index in [-0.39, 0.29) is 5.56 Å². The summed E-state index contributed by atoms with van der Waals surface area (Å²) in [5.74, 6) is 3.06. The van der Waals surface area contributed by atoms with Crippen LogP contribution in [-0.2, 0) is 7.05 Å². The SMILES string of the molecule is CCC(CC(CC)C(C)NCCSC)c1ccc2c(=O)n(C)c(C)nc2c1. The van der Waals surface area contributed by atoms with E-state index in [2.05, 4.69) is 49.5 Å². The van der Waals surface area contributed by atoms with Crippen molar-refractivity contribution in [1.82, 2.24) is 14.9 Å². The molecule has 3 atom stereocenters. The summed E-state index contributed by atoms with van der Waals surface area (Å²) in [6.07, 6.45) is 5.59. The van der Waals surface area contributed by atoms with Gasteiger partial charge in [0.05, 0.1) is 10.9 Å². The highest BCUT2D eigenvalue weighted by molar-refractivity contribution is 7.98. The second kappa shape index (κ2) is 10.3. The molecule has 0 bridgehead atoms. The molecule has 0 aliphatic heterocycles. The minimum absolute atomic E-state index is 0.0372. The maximum absolute atomic E-state index is 12.5. The van der Waals surface area contributed by atoms with E-state index >= 15 is 0 Å². The van der Waals surface area contributed by atoms with Crippen LogP contribution >= 0.6 is 11.8 Å². The summed E-state index contributed by atoms with van der Waals surface area (Å²) in [4.78, 5) is 17.1. The molecule has 0 amide bonds. The van der Waals surface area contributed by atoms with Crippen molar-refractivity contribution < 1.29 is 0 Å². The Hall–Kier alpha value is -1.33. The van der Waals surface area contributed by atoms with Crippen molar-refractivity contribution in [3.8, 4) is 0 Å². The molecule has 150 valence electrons. The number of hydrogen-bond donors (Lipinski definition) is 1. The van der Waals surface area contributed by atoms with Gasteiger partial charge in [0.15, 0.2) is 0 Å². The molecule has 0 fully saturated rings. The van der Waals surface area contributed by atoms with Crippen molar-refractivity contribution >= 4 is 22.7 Å². The summed E-state index contributed by atoms with van der Waals surface area (Å²) >= 11 is 1.89. The summed E-state index contributed by atoms with van der Waals surface area (Å²) < 4.78 is 1.62. The van der Waals surface area contributed by atoms with Gasteiger partial charge in [0.1, 0.15) is 5.82 Å². The van der Waals surface area contributed by atoms with Crippen LogP contribution in [0.1, 0.15) is 57.3 Å². The number of hydrogen-bond acceptors (Lipinski definition) is 4. The zero-order chi connectivity index (χ0) is 20.0. The first-order chi connectivity index (χ1) is 12.9. The van der Waals surface area contributed by atoms with E-state index in [1.807, 2.05) is 24.8 Å². The Kier molecular flexibility index (Phi) is 8.36. The van der Waals surface area contributed by atoms with Crippen molar-refractivity contribution in [1.29, 1.82) is 0 Å². The molecular formula is C22H35N3OS. The fourth-order valence-electron chi connectivity index (χ4n) is 3.84. The Balaban J connectivity index is 2.23. The summed E-state index contributed by atoms with van der Waals surface area (Å²) in [5.41, 5.74) is 2.17. The van der Waals surface area contributed by atoms with Gasteiger partial charge in [-0.05, 0) is 62.5 Å². The van der Waals surface area contributed by atoms with Crippen LogP contribution in [0.4, 0.5) is 0 Å². The first-order valence-electron chi connectivity index (χ1n) is 10.1. The monoisotopic (exact) mass is 389 g/mol. The highest BCUT2D eigenvalue weighted by atomic mass is 32.2. The Morgan fingerprint density at radius 3 is 2.63 bits per heavy atom. The largest absolute Gasteiger partial charge is 0.313 e. The third kappa shape index (κ3) is 5.35. The van der Waals surface area contributed by atoms with E-state index < -0.39 is 0 Å². The second-order valence-corrected chi connectivity index (χ2v) is 8.53. The molecular weight excluding hydrogens is 354 g/mol. The number of nitrogens with zero attached hydrogens (tertiary/aromatic N) is 2. The lowest BCUT2D eigenvalue weighted by Crippen LogP contribution is -2.35. The molecule has 1 heterocycles. The van der Waals surface area contributed by atoms with Crippen molar-refractivity contribution in [3.63, 3.8) is 0 Å². The summed E-state index contributed by atoms with van der Waals surface area (Å²) in [5, 5.41) is 4.40. The van der Waals surface area contributed by atoms with Crippen molar-refractivity contribution in [2.45, 2.75) is 58.9 Å². The van der Waals surface area contributed by atoms with Gasteiger partial charge < -0.3 is 5.32 Å². The van der Waals surface area contributed by atoms with Gasteiger partial charge in [-0.3, -0.25) is 9.36 Å².